The van der Waals surface area contributed by atoms with E-state index in [4.69, 9.17) is 23.2 Å². The van der Waals surface area contributed by atoms with Crippen LogP contribution in [0.2, 0.25) is 10.0 Å². The van der Waals surface area contributed by atoms with Crippen molar-refractivity contribution in [1.82, 2.24) is 4.72 Å². The number of hydrogen-bond acceptors (Lipinski definition) is 3. The molecule has 1 amide bonds. The van der Waals surface area contributed by atoms with E-state index in [-0.39, 0.29) is 20.5 Å². The van der Waals surface area contributed by atoms with Crippen LogP contribution in [0.1, 0.15) is 15.9 Å². The van der Waals surface area contributed by atoms with Crippen molar-refractivity contribution in [2.75, 3.05) is 0 Å². The van der Waals surface area contributed by atoms with Gasteiger partial charge in [0.1, 0.15) is 0 Å². The van der Waals surface area contributed by atoms with Gasteiger partial charge in [0.15, 0.2) is 0 Å². The standard InChI is InChI=1S/C14H11Cl2NO3S/c1-9-4-2-3-5-13(9)21(19,20)17-14(18)10-6-11(15)8-12(16)7-10/h2-8H,1H3,(H,17,18). The Hall–Kier alpha value is -1.56. The highest BCUT2D eigenvalue weighted by atomic mass is 35.5. The molecular weight excluding hydrogens is 333 g/mol. The summed E-state index contributed by atoms with van der Waals surface area (Å²) < 4.78 is 26.4. The summed E-state index contributed by atoms with van der Waals surface area (Å²) >= 11 is 11.6. The fourth-order valence-corrected chi connectivity index (χ4v) is 3.53. The largest absolute Gasteiger partial charge is 0.268 e. The SMILES string of the molecule is Cc1ccccc1S(=O)(=O)NC(=O)c1cc(Cl)cc(Cl)c1. The van der Waals surface area contributed by atoms with Crippen molar-refractivity contribution < 1.29 is 13.2 Å². The van der Waals surface area contributed by atoms with Crippen LogP contribution in [0.4, 0.5) is 0 Å². The zero-order valence-electron chi connectivity index (χ0n) is 10.9. The molecule has 0 aliphatic carbocycles. The van der Waals surface area contributed by atoms with Crippen LogP contribution in [0.25, 0.3) is 0 Å². The molecule has 0 spiro atoms. The van der Waals surface area contributed by atoms with E-state index in [0.717, 1.165) is 0 Å². The Morgan fingerprint density at radius 1 is 1.05 bits per heavy atom. The quantitative estimate of drug-likeness (QED) is 0.928. The molecule has 0 aromatic heterocycles. The third-order valence-electron chi connectivity index (χ3n) is 2.73. The molecule has 0 radical (unpaired) electrons. The highest BCUT2D eigenvalue weighted by molar-refractivity contribution is 7.90. The highest BCUT2D eigenvalue weighted by Crippen LogP contribution is 2.20. The van der Waals surface area contributed by atoms with Gasteiger partial charge in [0.2, 0.25) is 0 Å². The number of carbonyl (C=O) groups is 1. The van der Waals surface area contributed by atoms with Crippen molar-refractivity contribution in [3.05, 3.63) is 63.6 Å². The molecular formula is C14H11Cl2NO3S. The second-order valence-corrected chi connectivity index (χ2v) is 6.88. The number of rotatable bonds is 3. The lowest BCUT2D eigenvalue weighted by molar-refractivity contribution is 0.0981. The van der Waals surface area contributed by atoms with Gasteiger partial charge in [-0.1, -0.05) is 41.4 Å². The topological polar surface area (TPSA) is 63.2 Å². The number of amides is 1. The molecule has 0 heterocycles. The Labute approximate surface area is 132 Å². The van der Waals surface area contributed by atoms with Crippen LogP contribution in [0.3, 0.4) is 0 Å². The average molecular weight is 344 g/mol. The molecule has 4 nitrogen and oxygen atoms in total. The summed E-state index contributed by atoms with van der Waals surface area (Å²) in [6.45, 7) is 1.65. The molecule has 2 aromatic carbocycles. The van der Waals surface area contributed by atoms with Gasteiger partial charge in [-0.3, -0.25) is 4.79 Å². The highest BCUT2D eigenvalue weighted by Gasteiger charge is 2.20. The van der Waals surface area contributed by atoms with E-state index in [1.807, 2.05) is 4.72 Å². The van der Waals surface area contributed by atoms with E-state index in [2.05, 4.69) is 0 Å². The maximum absolute atomic E-state index is 12.2. The Bertz CT molecular complexity index is 783. The lowest BCUT2D eigenvalue weighted by Crippen LogP contribution is -2.31. The number of carbonyl (C=O) groups excluding carboxylic acids is 1. The van der Waals surface area contributed by atoms with Crippen LogP contribution in [0, 0.1) is 6.92 Å². The van der Waals surface area contributed by atoms with Crippen LogP contribution in [-0.4, -0.2) is 14.3 Å². The number of nitrogens with one attached hydrogen (secondary N) is 1. The van der Waals surface area contributed by atoms with Gasteiger partial charge in [-0.15, -0.1) is 0 Å². The van der Waals surface area contributed by atoms with Gasteiger partial charge in [0.25, 0.3) is 15.9 Å². The van der Waals surface area contributed by atoms with Gasteiger partial charge < -0.3 is 0 Å². The molecule has 0 saturated carbocycles. The zero-order chi connectivity index (χ0) is 15.6. The van der Waals surface area contributed by atoms with E-state index >= 15 is 0 Å². The first-order valence-electron chi connectivity index (χ1n) is 5.88. The molecule has 0 fully saturated rings. The zero-order valence-corrected chi connectivity index (χ0v) is 13.3. The molecule has 0 atom stereocenters. The van der Waals surface area contributed by atoms with Gasteiger partial charge in [-0.25, -0.2) is 13.1 Å². The van der Waals surface area contributed by atoms with Gasteiger partial charge >= 0.3 is 0 Å². The summed E-state index contributed by atoms with van der Waals surface area (Å²) in [7, 11) is -3.95. The summed E-state index contributed by atoms with van der Waals surface area (Å²) in [5.41, 5.74) is 0.617. The molecule has 0 aliphatic heterocycles. The van der Waals surface area contributed by atoms with Crippen molar-refractivity contribution in [1.29, 1.82) is 0 Å². The minimum atomic E-state index is -3.95. The van der Waals surface area contributed by atoms with Crippen molar-refractivity contribution in [2.24, 2.45) is 0 Å². The number of hydrogen-bond donors (Lipinski definition) is 1. The lowest BCUT2D eigenvalue weighted by atomic mass is 10.2. The van der Waals surface area contributed by atoms with Crippen molar-refractivity contribution >= 4 is 39.1 Å². The molecule has 21 heavy (non-hydrogen) atoms. The van der Waals surface area contributed by atoms with Gasteiger partial charge in [-0.2, -0.15) is 0 Å². The molecule has 2 aromatic rings. The van der Waals surface area contributed by atoms with Crippen molar-refractivity contribution in [3.63, 3.8) is 0 Å². The number of sulfonamides is 1. The molecule has 7 heteroatoms. The van der Waals surface area contributed by atoms with Crippen LogP contribution >= 0.6 is 23.2 Å². The Morgan fingerprint density at radius 2 is 1.62 bits per heavy atom. The van der Waals surface area contributed by atoms with Crippen LogP contribution in [0.15, 0.2) is 47.4 Å². The minimum Gasteiger partial charge on any atom is -0.268 e. The first-order chi connectivity index (χ1) is 9.79. The van der Waals surface area contributed by atoms with E-state index in [1.54, 1.807) is 25.1 Å². The number of benzene rings is 2. The van der Waals surface area contributed by atoms with E-state index in [0.29, 0.717) is 5.56 Å². The van der Waals surface area contributed by atoms with E-state index < -0.39 is 15.9 Å². The maximum Gasteiger partial charge on any atom is 0.265 e. The maximum atomic E-state index is 12.2. The van der Waals surface area contributed by atoms with Crippen LogP contribution in [0.5, 0.6) is 0 Å². The second kappa shape index (κ2) is 6.05. The van der Waals surface area contributed by atoms with Crippen LogP contribution in [-0.2, 0) is 10.0 Å². The Balaban J connectivity index is 2.33. The summed E-state index contributed by atoms with van der Waals surface area (Å²) in [5, 5.41) is 0.502. The molecule has 1 N–H and O–H groups in total. The van der Waals surface area contributed by atoms with Crippen molar-refractivity contribution in [3.8, 4) is 0 Å². The van der Waals surface area contributed by atoms with E-state index in [1.165, 1.54) is 24.3 Å². The summed E-state index contributed by atoms with van der Waals surface area (Å²) in [6.07, 6.45) is 0. The Morgan fingerprint density at radius 3 is 2.19 bits per heavy atom. The van der Waals surface area contributed by atoms with Crippen LogP contribution < -0.4 is 4.72 Å². The molecule has 0 bridgehead atoms. The first kappa shape index (κ1) is 15.8. The third-order valence-corrected chi connectivity index (χ3v) is 4.66. The monoisotopic (exact) mass is 343 g/mol. The van der Waals surface area contributed by atoms with Crippen molar-refractivity contribution in [2.45, 2.75) is 11.8 Å². The number of aryl methyl sites for hydroxylation is 1. The summed E-state index contributed by atoms with van der Waals surface area (Å²) in [4.78, 5) is 12.1. The summed E-state index contributed by atoms with van der Waals surface area (Å²) in [6, 6.07) is 10.5. The second-order valence-electron chi connectivity index (χ2n) is 4.36. The predicted molar refractivity (Wildman–Crippen MR) is 82.3 cm³/mol. The molecule has 0 aliphatic rings. The van der Waals surface area contributed by atoms with Gasteiger partial charge in [0, 0.05) is 15.6 Å². The summed E-state index contributed by atoms with van der Waals surface area (Å²) in [5.74, 6) is -0.789. The predicted octanol–water partition coefficient (Wildman–Crippen LogP) is 3.42. The smallest absolute Gasteiger partial charge is 0.265 e. The molecule has 0 saturated heterocycles. The van der Waals surface area contributed by atoms with E-state index in [9.17, 15) is 13.2 Å². The average Bonchev–Trinajstić information content (AvgIpc) is 2.37. The molecule has 2 rings (SSSR count). The van der Waals surface area contributed by atoms with Gasteiger partial charge in [0.05, 0.1) is 4.90 Å². The Kier molecular flexibility index (Phi) is 4.56. The normalized spacial score (nSPS) is 11.2. The fourth-order valence-electron chi connectivity index (χ4n) is 1.78. The minimum absolute atomic E-state index is 0.0477. The molecule has 0 unspecified atom stereocenters. The van der Waals surface area contributed by atoms with Gasteiger partial charge in [-0.05, 0) is 36.8 Å². The number of halogens is 2. The third kappa shape index (κ3) is 3.75. The lowest BCUT2D eigenvalue weighted by Gasteiger charge is -2.09. The molecule has 110 valence electrons. The first-order valence-corrected chi connectivity index (χ1v) is 8.12. The fraction of sp³-hybridized carbons (Fsp3) is 0.0714.